The number of hydrogen-bond donors (Lipinski definition) is 1. The minimum Gasteiger partial charge on any atom is -0.383 e. The highest BCUT2D eigenvalue weighted by atomic mass is 79.9. The molecule has 6 heteroatoms. The van der Waals surface area contributed by atoms with Crippen molar-refractivity contribution in [1.82, 2.24) is 4.98 Å². The molecule has 2 aromatic rings. The molecule has 0 bridgehead atoms. The van der Waals surface area contributed by atoms with Gasteiger partial charge in [0.2, 0.25) is 0 Å². The number of halogens is 3. The van der Waals surface area contributed by atoms with Crippen LogP contribution in [0.5, 0.6) is 0 Å². The summed E-state index contributed by atoms with van der Waals surface area (Å²) in [7, 11) is 0. The molecule has 0 aliphatic rings. The number of aliphatic hydroxyl groups excluding tert-OH is 1. The molecular weight excluding hydrogens is 317 g/mol. The van der Waals surface area contributed by atoms with E-state index in [2.05, 4.69) is 20.9 Å². The van der Waals surface area contributed by atoms with Gasteiger partial charge in [-0.2, -0.15) is 0 Å². The fourth-order valence-corrected chi connectivity index (χ4v) is 2.99. The molecule has 0 aliphatic carbocycles. The molecule has 1 aromatic heterocycles. The van der Waals surface area contributed by atoms with Crippen LogP contribution in [0, 0.1) is 5.82 Å². The average molecular weight is 323 g/mol. The Morgan fingerprint density at radius 3 is 2.81 bits per heavy atom. The number of nitrogens with zero attached hydrogens (tertiary/aromatic N) is 1. The van der Waals surface area contributed by atoms with Crippen molar-refractivity contribution in [3.05, 3.63) is 49.6 Å². The highest BCUT2D eigenvalue weighted by Crippen LogP contribution is 2.35. The second kappa shape index (κ2) is 4.79. The van der Waals surface area contributed by atoms with Crippen LogP contribution >= 0.6 is 38.9 Å². The van der Waals surface area contributed by atoms with Gasteiger partial charge in [0.05, 0.1) is 10.4 Å². The smallest absolute Gasteiger partial charge is 0.130 e. The fourth-order valence-electron chi connectivity index (χ4n) is 1.32. The Hall–Kier alpha value is -0.490. The molecule has 1 aromatic carbocycles. The lowest BCUT2D eigenvalue weighted by molar-refractivity contribution is 0.218. The molecule has 0 amide bonds. The van der Waals surface area contributed by atoms with Gasteiger partial charge < -0.3 is 5.11 Å². The minimum absolute atomic E-state index is 0.0779. The normalized spacial score (nSPS) is 12.8. The minimum atomic E-state index is -1.10. The topological polar surface area (TPSA) is 33.1 Å². The summed E-state index contributed by atoms with van der Waals surface area (Å²) in [5, 5.41) is 10.2. The van der Waals surface area contributed by atoms with Gasteiger partial charge >= 0.3 is 0 Å². The van der Waals surface area contributed by atoms with Gasteiger partial charge in [0.15, 0.2) is 0 Å². The molecule has 0 saturated heterocycles. The number of hydrogen-bond acceptors (Lipinski definition) is 3. The molecule has 1 atom stereocenters. The van der Waals surface area contributed by atoms with E-state index < -0.39 is 11.9 Å². The summed E-state index contributed by atoms with van der Waals surface area (Å²) >= 11 is 10.3. The van der Waals surface area contributed by atoms with Crippen LogP contribution in [0.3, 0.4) is 0 Å². The highest BCUT2D eigenvalue weighted by molar-refractivity contribution is 9.10. The largest absolute Gasteiger partial charge is 0.383 e. The first-order valence-corrected chi connectivity index (χ1v) is 6.37. The van der Waals surface area contributed by atoms with Crippen LogP contribution in [0.4, 0.5) is 4.39 Å². The lowest BCUT2D eigenvalue weighted by atomic mass is 10.1. The van der Waals surface area contributed by atoms with Crippen molar-refractivity contribution >= 4 is 38.9 Å². The zero-order chi connectivity index (χ0) is 11.7. The van der Waals surface area contributed by atoms with Crippen LogP contribution in [0.2, 0.25) is 5.02 Å². The van der Waals surface area contributed by atoms with Gasteiger partial charge in [0, 0.05) is 10.6 Å². The lowest BCUT2D eigenvalue weighted by Crippen LogP contribution is -2.02. The predicted molar refractivity (Wildman–Crippen MR) is 65.3 cm³/mol. The van der Waals surface area contributed by atoms with Crippen molar-refractivity contribution in [1.29, 1.82) is 0 Å². The van der Waals surface area contributed by atoms with E-state index in [-0.39, 0.29) is 10.6 Å². The number of aromatic nitrogens is 1. The van der Waals surface area contributed by atoms with Crippen LogP contribution in [-0.4, -0.2) is 10.1 Å². The molecule has 2 rings (SSSR count). The molecule has 0 aliphatic heterocycles. The third kappa shape index (κ3) is 2.13. The van der Waals surface area contributed by atoms with Crippen molar-refractivity contribution in [2.24, 2.45) is 0 Å². The van der Waals surface area contributed by atoms with Gasteiger partial charge in [-0.05, 0) is 28.1 Å². The van der Waals surface area contributed by atoms with E-state index in [0.717, 1.165) is 0 Å². The summed E-state index contributed by atoms with van der Waals surface area (Å²) < 4.78 is 14.1. The molecule has 2 nitrogen and oxygen atoms in total. The summed E-state index contributed by atoms with van der Waals surface area (Å²) in [6.07, 6.45) is -1.10. The maximum atomic E-state index is 13.5. The van der Waals surface area contributed by atoms with E-state index in [1.54, 1.807) is 5.51 Å². The van der Waals surface area contributed by atoms with Gasteiger partial charge in [-0.3, -0.25) is 0 Å². The molecule has 1 heterocycles. The van der Waals surface area contributed by atoms with Crippen LogP contribution in [0.25, 0.3) is 0 Å². The van der Waals surface area contributed by atoms with Crippen molar-refractivity contribution in [3.8, 4) is 0 Å². The van der Waals surface area contributed by atoms with Crippen molar-refractivity contribution in [3.63, 3.8) is 0 Å². The van der Waals surface area contributed by atoms with Gasteiger partial charge in [0.25, 0.3) is 0 Å². The first-order valence-electron chi connectivity index (χ1n) is 4.32. The Morgan fingerprint density at radius 1 is 1.50 bits per heavy atom. The highest BCUT2D eigenvalue weighted by Gasteiger charge is 2.22. The van der Waals surface area contributed by atoms with Crippen molar-refractivity contribution in [2.75, 3.05) is 0 Å². The summed E-state index contributed by atoms with van der Waals surface area (Å²) in [5.41, 5.74) is 1.64. The van der Waals surface area contributed by atoms with E-state index in [9.17, 15) is 9.50 Å². The summed E-state index contributed by atoms with van der Waals surface area (Å²) in [6, 6.07) is 4.30. The summed E-state index contributed by atoms with van der Waals surface area (Å²) in [5.74, 6) is -0.527. The van der Waals surface area contributed by atoms with Gasteiger partial charge in [-0.15, -0.1) is 11.3 Å². The lowest BCUT2D eigenvalue weighted by Gasteiger charge is -2.12. The Kier molecular flexibility index (Phi) is 3.59. The van der Waals surface area contributed by atoms with Crippen LogP contribution < -0.4 is 0 Å². The molecule has 0 spiro atoms. The van der Waals surface area contributed by atoms with Gasteiger partial charge in [-0.1, -0.05) is 17.7 Å². The maximum absolute atomic E-state index is 13.5. The van der Waals surface area contributed by atoms with Crippen LogP contribution in [0.15, 0.2) is 28.3 Å². The average Bonchev–Trinajstić information content (AvgIpc) is 2.64. The quantitative estimate of drug-likeness (QED) is 0.913. The number of benzene rings is 1. The predicted octanol–water partition coefficient (Wildman–Crippen LogP) is 3.78. The first-order chi connectivity index (χ1) is 7.61. The molecule has 16 heavy (non-hydrogen) atoms. The molecular formula is C10H6BrClFNOS. The SMILES string of the molecule is OC(c1scnc1Br)c1c(F)cccc1Cl. The third-order valence-corrected chi connectivity index (χ3v) is 4.18. The Balaban J connectivity index is 2.49. The van der Waals surface area contributed by atoms with E-state index in [1.165, 1.54) is 29.5 Å². The van der Waals surface area contributed by atoms with Crippen molar-refractivity contribution in [2.45, 2.75) is 6.10 Å². The third-order valence-electron chi connectivity index (χ3n) is 2.07. The van der Waals surface area contributed by atoms with Gasteiger partial charge in [-0.25, -0.2) is 9.37 Å². The number of thiazole rings is 1. The summed E-state index contributed by atoms with van der Waals surface area (Å²) in [4.78, 5) is 4.47. The molecule has 0 radical (unpaired) electrons. The standard InChI is InChI=1S/C10H6BrClFNOS/c11-10-9(16-4-14-10)8(15)7-5(12)2-1-3-6(7)13/h1-4,8,15H. The second-order valence-corrected chi connectivity index (χ2v) is 5.09. The Bertz CT molecular complexity index is 499. The van der Waals surface area contributed by atoms with E-state index in [0.29, 0.717) is 9.48 Å². The molecule has 1 unspecified atom stereocenters. The molecule has 0 fully saturated rings. The van der Waals surface area contributed by atoms with E-state index in [4.69, 9.17) is 11.6 Å². The van der Waals surface area contributed by atoms with Crippen LogP contribution in [0.1, 0.15) is 16.5 Å². The zero-order valence-electron chi connectivity index (χ0n) is 7.82. The molecule has 0 saturated carbocycles. The summed E-state index contributed by atoms with van der Waals surface area (Å²) in [6.45, 7) is 0. The maximum Gasteiger partial charge on any atom is 0.130 e. The first kappa shape index (κ1) is 12.0. The number of aliphatic hydroxyl groups is 1. The molecule has 1 N–H and O–H groups in total. The van der Waals surface area contributed by atoms with E-state index in [1.807, 2.05) is 0 Å². The van der Waals surface area contributed by atoms with Crippen molar-refractivity contribution < 1.29 is 9.50 Å². The molecule has 84 valence electrons. The van der Waals surface area contributed by atoms with E-state index >= 15 is 0 Å². The zero-order valence-corrected chi connectivity index (χ0v) is 11.0. The second-order valence-electron chi connectivity index (χ2n) is 3.05. The fraction of sp³-hybridized carbons (Fsp3) is 0.100. The Labute approximate surface area is 109 Å². The Morgan fingerprint density at radius 2 is 2.25 bits per heavy atom. The monoisotopic (exact) mass is 321 g/mol. The van der Waals surface area contributed by atoms with Crippen LogP contribution in [-0.2, 0) is 0 Å². The van der Waals surface area contributed by atoms with Gasteiger partial charge in [0.1, 0.15) is 16.5 Å². The number of rotatable bonds is 2.